The van der Waals surface area contributed by atoms with Crippen LogP contribution < -0.4 is 10.6 Å². The first-order valence-electron chi connectivity index (χ1n) is 11.2. The summed E-state index contributed by atoms with van der Waals surface area (Å²) < 4.78 is 16.3. The molecule has 1 unspecified atom stereocenters. The van der Waals surface area contributed by atoms with Crippen LogP contribution in [0.1, 0.15) is 44.3 Å². The van der Waals surface area contributed by atoms with Gasteiger partial charge in [0.25, 0.3) is 0 Å². The van der Waals surface area contributed by atoms with Crippen LogP contribution in [0, 0.1) is 0 Å². The van der Waals surface area contributed by atoms with Crippen molar-refractivity contribution >= 4 is 11.9 Å². The number of ether oxygens (including phenoxy) is 2. The number of hydrogen-bond acceptors (Lipinski definition) is 5. The van der Waals surface area contributed by atoms with Gasteiger partial charge in [-0.2, -0.15) is 0 Å². The molecule has 30 heavy (non-hydrogen) atoms. The minimum atomic E-state index is 0.176. The summed E-state index contributed by atoms with van der Waals surface area (Å²) in [7, 11) is 1.63. The van der Waals surface area contributed by atoms with Crippen molar-refractivity contribution in [3.8, 4) is 0 Å². The summed E-state index contributed by atoms with van der Waals surface area (Å²) in [6.45, 7) is 4.28. The van der Waals surface area contributed by atoms with E-state index < -0.39 is 0 Å². The average molecular weight is 421 g/mol. The predicted octanol–water partition coefficient (Wildman–Crippen LogP) is 1.95. The van der Waals surface area contributed by atoms with Crippen molar-refractivity contribution in [2.24, 2.45) is 4.99 Å². The zero-order chi connectivity index (χ0) is 21.0. The number of rotatable bonds is 9. The molecule has 3 heterocycles. The molecule has 0 bridgehead atoms. The highest BCUT2D eigenvalue weighted by molar-refractivity contribution is 5.80. The number of nitrogens with one attached hydrogen (secondary N) is 2. The van der Waals surface area contributed by atoms with Crippen LogP contribution in [0.3, 0.4) is 0 Å². The minimum Gasteiger partial charge on any atom is -0.469 e. The topological polar surface area (TPSA) is 88.3 Å². The molecular formula is C22H36N4O4. The van der Waals surface area contributed by atoms with Gasteiger partial charge in [0, 0.05) is 45.8 Å². The molecule has 3 rings (SSSR count). The van der Waals surface area contributed by atoms with Crippen molar-refractivity contribution in [2.75, 3.05) is 46.5 Å². The number of carbonyl (C=O) groups is 1. The first-order chi connectivity index (χ1) is 14.7. The third-order valence-corrected chi connectivity index (χ3v) is 5.68. The lowest BCUT2D eigenvalue weighted by Crippen LogP contribution is -2.50. The maximum atomic E-state index is 12.2. The van der Waals surface area contributed by atoms with Crippen molar-refractivity contribution in [2.45, 2.75) is 57.1 Å². The van der Waals surface area contributed by atoms with E-state index in [9.17, 15) is 4.79 Å². The Morgan fingerprint density at radius 3 is 2.87 bits per heavy atom. The van der Waals surface area contributed by atoms with Gasteiger partial charge in [0.05, 0.1) is 31.9 Å². The van der Waals surface area contributed by atoms with Gasteiger partial charge in [0.2, 0.25) is 5.91 Å². The molecule has 2 N–H and O–H groups in total. The number of hydrogen-bond donors (Lipinski definition) is 2. The molecule has 8 nitrogen and oxygen atoms in total. The SMILES string of the molecule is COCCC(=O)N1CCC(NC(=NCC2CCCCO2)NCCc2ccco2)CC1. The standard InChI is InChI=1S/C22H36N4O4/c1-28-16-10-21(27)26-12-8-18(9-13-26)25-22(23-11-7-19-6-4-15-29-19)24-17-20-5-2-3-14-30-20/h4,6,15,18,20H,2-3,5,7-14,16-17H2,1H3,(H2,23,24,25). The van der Waals surface area contributed by atoms with Crippen molar-refractivity contribution in [3.63, 3.8) is 0 Å². The highest BCUT2D eigenvalue weighted by Crippen LogP contribution is 2.14. The van der Waals surface area contributed by atoms with Crippen LogP contribution in [-0.2, 0) is 20.7 Å². The van der Waals surface area contributed by atoms with Crippen LogP contribution >= 0.6 is 0 Å². The first kappa shape index (κ1) is 22.6. The summed E-state index contributed by atoms with van der Waals surface area (Å²) in [4.78, 5) is 18.9. The number of methoxy groups -OCH3 is 1. The fourth-order valence-electron chi connectivity index (χ4n) is 3.87. The quantitative estimate of drug-likeness (QED) is 0.469. The summed E-state index contributed by atoms with van der Waals surface area (Å²) in [5.74, 6) is 1.95. The van der Waals surface area contributed by atoms with Crippen molar-refractivity contribution in [1.82, 2.24) is 15.5 Å². The van der Waals surface area contributed by atoms with E-state index in [0.29, 0.717) is 25.6 Å². The Labute approximate surface area is 179 Å². The number of likely N-dealkylation sites (tertiary alicyclic amines) is 1. The molecule has 1 amide bonds. The number of amides is 1. The second-order valence-corrected chi connectivity index (χ2v) is 7.98. The largest absolute Gasteiger partial charge is 0.469 e. The number of carbonyl (C=O) groups excluding carboxylic acids is 1. The van der Waals surface area contributed by atoms with E-state index in [1.165, 1.54) is 6.42 Å². The Morgan fingerprint density at radius 1 is 1.30 bits per heavy atom. The zero-order valence-corrected chi connectivity index (χ0v) is 18.1. The molecule has 1 aromatic heterocycles. The molecule has 0 aromatic carbocycles. The summed E-state index contributed by atoms with van der Waals surface area (Å²) in [5, 5.41) is 7.00. The molecule has 1 atom stereocenters. The highest BCUT2D eigenvalue weighted by atomic mass is 16.5. The smallest absolute Gasteiger partial charge is 0.224 e. The van der Waals surface area contributed by atoms with Crippen molar-refractivity contribution in [1.29, 1.82) is 0 Å². The van der Waals surface area contributed by atoms with Crippen LogP contribution in [0.5, 0.6) is 0 Å². The monoisotopic (exact) mass is 420 g/mol. The van der Waals surface area contributed by atoms with E-state index in [0.717, 1.165) is 70.1 Å². The Balaban J connectivity index is 1.47. The number of nitrogens with zero attached hydrogens (tertiary/aromatic N) is 2. The number of guanidine groups is 1. The lowest BCUT2D eigenvalue weighted by molar-refractivity contribution is -0.133. The molecule has 2 saturated heterocycles. The van der Waals surface area contributed by atoms with Gasteiger partial charge in [0.15, 0.2) is 5.96 Å². The molecule has 1 aromatic rings. The van der Waals surface area contributed by atoms with E-state index in [-0.39, 0.29) is 12.0 Å². The van der Waals surface area contributed by atoms with Gasteiger partial charge in [-0.05, 0) is 44.2 Å². The van der Waals surface area contributed by atoms with Gasteiger partial charge in [-0.25, -0.2) is 0 Å². The molecule has 0 aliphatic carbocycles. The fraction of sp³-hybridized carbons (Fsp3) is 0.727. The van der Waals surface area contributed by atoms with Crippen LogP contribution in [-0.4, -0.2) is 75.4 Å². The minimum absolute atomic E-state index is 0.176. The van der Waals surface area contributed by atoms with Crippen LogP contribution in [0.4, 0.5) is 0 Å². The maximum Gasteiger partial charge on any atom is 0.224 e. The Bertz CT molecular complexity index is 636. The van der Waals surface area contributed by atoms with Gasteiger partial charge in [-0.15, -0.1) is 0 Å². The summed E-state index contributed by atoms with van der Waals surface area (Å²) >= 11 is 0. The van der Waals surface area contributed by atoms with Gasteiger partial charge >= 0.3 is 0 Å². The number of furan rings is 1. The molecule has 2 aliphatic rings. The normalized spacial score (nSPS) is 20.9. The first-order valence-corrected chi connectivity index (χ1v) is 11.2. The predicted molar refractivity (Wildman–Crippen MR) is 116 cm³/mol. The van der Waals surface area contributed by atoms with Crippen molar-refractivity contribution < 1.29 is 18.7 Å². The molecule has 0 saturated carbocycles. The van der Waals surface area contributed by atoms with Crippen LogP contribution in [0.2, 0.25) is 0 Å². The molecule has 2 aliphatic heterocycles. The summed E-state index contributed by atoms with van der Waals surface area (Å²) in [5.41, 5.74) is 0. The Hall–Kier alpha value is -2.06. The molecule has 2 fully saturated rings. The molecule has 0 spiro atoms. The van der Waals surface area contributed by atoms with Gasteiger partial charge in [-0.1, -0.05) is 0 Å². The maximum absolute atomic E-state index is 12.2. The lowest BCUT2D eigenvalue weighted by atomic mass is 10.0. The third kappa shape index (κ3) is 7.65. The van der Waals surface area contributed by atoms with Gasteiger partial charge < -0.3 is 29.4 Å². The Kier molecular flexibility index (Phi) is 9.50. The van der Waals surface area contributed by atoms with Crippen LogP contribution in [0.25, 0.3) is 0 Å². The fourth-order valence-corrected chi connectivity index (χ4v) is 3.87. The van der Waals surface area contributed by atoms with E-state index in [1.54, 1.807) is 13.4 Å². The van der Waals surface area contributed by atoms with E-state index >= 15 is 0 Å². The highest BCUT2D eigenvalue weighted by Gasteiger charge is 2.23. The summed E-state index contributed by atoms with van der Waals surface area (Å²) in [6, 6.07) is 4.20. The number of piperidine rings is 1. The van der Waals surface area contributed by atoms with E-state index in [4.69, 9.17) is 18.9 Å². The van der Waals surface area contributed by atoms with E-state index in [1.807, 2.05) is 17.0 Å². The van der Waals surface area contributed by atoms with E-state index in [2.05, 4.69) is 10.6 Å². The Morgan fingerprint density at radius 2 is 2.17 bits per heavy atom. The van der Waals surface area contributed by atoms with Crippen LogP contribution in [0.15, 0.2) is 27.8 Å². The second kappa shape index (κ2) is 12.6. The number of aliphatic imine (C=N–C) groups is 1. The van der Waals surface area contributed by atoms with Gasteiger partial charge in [0.1, 0.15) is 5.76 Å². The molecule has 168 valence electrons. The van der Waals surface area contributed by atoms with Gasteiger partial charge in [-0.3, -0.25) is 9.79 Å². The molecular weight excluding hydrogens is 384 g/mol. The van der Waals surface area contributed by atoms with Crippen molar-refractivity contribution in [3.05, 3.63) is 24.2 Å². The zero-order valence-electron chi connectivity index (χ0n) is 18.1. The second-order valence-electron chi connectivity index (χ2n) is 7.98. The average Bonchev–Trinajstić information content (AvgIpc) is 3.30. The third-order valence-electron chi connectivity index (χ3n) is 5.68. The molecule has 8 heteroatoms. The molecule has 0 radical (unpaired) electrons. The summed E-state index contributed by atoms with van der Waals surface area (Å²) in [6.07, 6.45) is 8.43. The lowest BCUT2D eigenvalue weighted by Gasteiger charge is -2.33.